The van der Waals surface area contributed by atoms with Gasteiger partial charge in [-0.2, -0.15) is 0 Å². The fourth-order valence-corrected chi connectivity index (χ4v) is 7.56. The molecule has 0 spiro atoms. The number of anilines is 1. The summed E-state index contributed by atoms with van der Waals surface area (Å²) in [5, 5.41) is 8.68. The number of rotatable bonds is 24. The van der Waals surface area contributed by atoms with Gasteiger partial charge >= 0.3 is 11.9 Å². The molecular weight excluding hydrogens is 637 g/mol. The van der Waals surface area contributed by atoms with Gasteiger partial charge in [0.2, 0.25) is 13.4 Å². The second-order valence-corrected chi connectivity index (χ2v) is 15.5. The first-order valence-corrected chi connectivity index (χ1v) is 19.2. The van der Waals surface area contributed by atoms with Gasteiger partial charge in [0.05, 0.1) is 32.2 Å². The smallest absolute Gasteiger partial charge is 0.326 e. The molecule has 0 aliphatic rings. The van der Waals surface area contributed by atoms with Crippen LogP contribution in [0.4, 0.5) is 5.82 Å². The van der Waals surface area contributed by atoms with Gasteiger partial charge in [0.1, 0.15) is 23.8 Å². The van der Waals surface area contributed by atoms with Crippen LogP contribution in [0.15, 0.2) is 12.7 Å². The van der Waals surface area contributed by atoms with Gasteiger partial charge in [0, 0.05) is 6.42 Å². The predicted octanol–water partition coefficient (Wildman–Crippen LogP) is 6.10. The molecule has 14 nitrogen and oxygen atoms in total. The van der Waals surface area contributed by atoms with E-state index < -0.39 is 36.6 Å². The van der Waals surface area contributed by atoms with Crippen molar-refractivity contribution in [1.82, 2.24) is 29.7 Å². The highest BCUT2D eigenvalue weighted by Crippen LogP contribution is 2.42. The van der Waals surface area contributed by atoms with E-state index in [4.69, 9.17) is 14.2 Å². The van der Waals surface area contributed by atoms with Crippen LogP contribution in [0.1, 0.15) is 120 Å². The number of amides is 1. The fraction of sp³-hybridized carbons (Fsp3) is 0.758. The normalized spacial score (nSPS) is 13.0. The molecule has 0 unspecified atom stereocenters. The van der Waals surface area contributed by atoms with Crippen molar-refractivity contribution in [3.63, 3.8) is 0 Å². The molecule has 15 heteroatoms. The highest BCUT2D eigenvalue weighted by Gasteiger charge is 2.43. The van der Waals surface area contributed by atoms with E-state index in [9.17, 15) is 18.9 Å². The van der Waals surface area contributed by atoms with Crippen LogP contribution in [0, 0.1) is 0 Å². The Bertz CT molecular complexity index is 1320. The second-order valence-electron chi connectivity index (χ2n) is 13.3. The molecule has 2 aromatic heterocycles. The highest BCUT2D eigenvalue weighted by atomic mass is 31.2. The third-order valence-corrected chi connectivity index (χ3v) is 9.89. The number of hydrogen-bond acceptors (Lipinski definition) is 10. The minimum Gasteiger partial charge on any atom is -0.464 e. The molecule has 0 fully saturated rings. The maximum Gasteiger partial charge on any atom is 0.326 e. The van der Waals surface area contributed by atoms with Crippen LogP contribution >= 0.6 is 7.44 Å². The Hall–Kier alpha value is -2.93. The van der Waals surface area contributed by atoms with E-state index in [1.54, 1.807) is 45.5 Å². The molecular formula is C33H58N7O7P. The third kappa shape index (κ3) is 13.5. The van der Waals surface area contributed by atoms with Crippen molar-refractivity contribution in [2.75, 3.05) is 24.9 Å². The van der Waals surface area contributed by atoms with Crippen LogP contribution in [-0.2, 0) is 39.7 Å². The lowest BCUT2D eigenvalue weighted by Crippen LogP contribution is -2.54. The predicted molar refractivity (Wildman–Crippen MR) is 187 cm³/mol. The highest BCUT2D eigenvalue weighted by molar-refractivity contribution is 7.59. The Morgan fingerprint density at radius 1 is 0.833 bits per heavy atom. The number of unbranched alkanes of at least 4 members (excludes halogenated alkanes) is 6. The zero-order valence-corrected chi connectivity index (χ0v) is 31.1. The van der Waals surface area contributed by atoms with Crippen LogP contribution in [-0.4, -0.2) is 74.1 Å². The van der Waals surface area contributed by atoms with E-state index in [1.807, 2.05) is 6.92 Å². The molecule has 1 atom stereocenters. The molecule has 0 aliphatic heterocycles. The number of fused-ring (bicyclic) bond motifs is 1. The molecule has 272 valence electrons. The topological polar surface area (TPSA) is 176 Å². The lowest BCUT2D eigenvalue weighted by molar-refractivity contribution is -0.149. The number of carbonyl (C=O) groups excluding carboxylic acids is 3. The number of nitrogens with zero attached hydrogens (tertiary/aromatic N) is 4. The minimum absolute atomic E-state index is 0.161. The van der Waals surface area contributed by atoms with Gasteiger partial charge < -0.3 is 24.1 Å². The summed E-state index contributed by atoms with van der Waals surface area (Å²) in [5.74, 6) is -0.956. The summed E-state index contributed by atoms with van der Waals surface area (Å²) in [6.45, 7) is 15.1. The molecule has 0 saturated carbocycles. The lowest BCUT2D eigenvalue weighted by Gasteiger charge is -2.35. The van der Waals surface area contributed by atoms with Crippen molar-refractivity contribution in [3.05, 3.63) is 12.7 Å². The van der Waals surface area contributed by atoms with Crippen molar-refractivity contribution in [1.29, 1.82) is 0 Å². The summed E-state index contributed by atoms with van der Waals surface area (Å²) < 4.78 is 33.4. The quantitative estimate of drug-likeness (QED) is 0.0654. The minimum atomic E-state index is -3.81. The van der Waals surface area contributed by atoms with E-state index in [1.165, 1.54) is 6.33 Å². The first-order valence-electron chi connectivity index (χ1n) is 17.3. The molecule has 0 aliphatic carbocycles. The molecule has 3 N–H and O–H groups in total. The monoisotopic (exact) mass is 695 g/mol. The molecule has 2 rings (SSSR count). The number of ether oxygens (including phenoxy) is 3. The average molecular weight is 696 g/mol. The number of carbonyl (C=O) groups is 3. The van der Waals surface area contributed by atoms with Gasteiger partial charge in [-0.3, -0.25) is 18.9 Å². The van der Waals surface area contributed by atoms with Crippen LogP contribution in [0.3, 0.4) is 0 Å². The van der Waals surface area contributed by atoms with Crippen molar-refractivity contribution < 1.29 is 33.2 Å². The Morgan fingerprint density at radius 2 is 1.40 bits per heavy atom. The fourth-order valence-electron chi connectivity index (χ4n) is 4.92. The lowest BCUT2D eigenvalue weighted by atomic mass is 10.1. The Balaban J connectivity index is 2.19. The molecule has 0 bridgehead atoms. The van der Waals surface area contributed by atoms with E-state index >= 15 is 0 Å². The maximum absolute atomic E-state index is 14.6. The number of aromatic nitrogens is 4. The number of nitrogens with one attached hydrogen (secondary N) is 3. The zero-order valence-electron chi connectivity index (χ0n) is 30.2. The van der Waals surface area contributed by atoms with E-state index in [-0.39, 0.29) is 32.0 Å². The van der Waals surface area contributed by atoms with Gasteiger partial charge in [-0.1, -0.05) is 59.3 Å². The molecule has 2 heterocycles. The molecule has 0 radical (unpaired) electrons. The summed E-state index contributed by atoms with van der Waals surface area (Å²) in [7, 11) is -3.81. The third-order valence-electron chi connectivity index (χ3n) is 7.53. The first-order chi connectivity index (χ1) is 22.7. The van der Waals surface area contributed by atoms with Crippen molar-refractivity contribution >= 4 is 42.3 Å². The second kappa shape index (κ2) is 19.9. The van der Waals surface area contributed by atoms with Gasteiger partial charge in [-0.25, -0.2) is 25.1 Å². The van der Waals surface area contributed by atoms with Crippen LogP contribution in [0.2, 0.25) is 0 Å². The standard InChI is InChI=1S/C33H58N7O7P/c1-9-12-14-16-19-45-30(42)32(5,6)38-48(44,39-33(7,8)31(43)46-20-17-15-13-10-2)24-47-25(4)21-40-23-36-27-28(34-22-35-29(27)40)37-26(41)18-11-3/h22-23,25H,9-21,24H2,1-8H3,(H2,38,39,44)(H,34,35,37,41)/t25-/m1/s1. The van der Waals surface area contributed by atoms with Gasteiger partial charge in [-0.05, 0) is 53.9 Å². The summed E-state index contributed by atoms with van der Waals surface area (Å²) in [4.78, 5) is 51.2. The molecule has 2 aromatic rings. The summed E-state index contributed by atoms with van der Waals surface area (Å²) in [6.07, 6.45) is 10.7. The SMILES string of the molecule is CCCCCCOC(=O)C(C)(C)NP(=O)(CO[C@H](C)Cn1cnc2c(NC(=O)CCC)ncnc21)NC(C)(C)C(=O)OCCCCCC. The van der Waals surface area contributed by atoms with Crippen molar-refractivity contribution in [2.24, 2.45) is 0 Å². The van der Waals surface area contributed by atoms with E-state index in [2.05, 4.69) is 44.3 Å². The largest absolute Gasteiger partial charge is 0.464 e. The molecule has 48 heavy (non-hydrogen) atoms. The van der Waals surface area contributed by atoms with E-state index in [0.717, 1.165) is 51.4 Å². The summed E-state index contributed by atoms with van der Waals surface area (Å²) in [6, 6.07) is 0. The van der Waals surface area contributed by atoms with Crippen molar-refractivity contribution in [2.45, 2.75) is 143 Å². The Kier molecular flexibility index (Phi) is 17.1. The van der Waals surface area contributed by atoms with Gasteiger partial charge in [0.25, 0.3) is 0 Å². The van der Waals surface area contributed by atoms with Crippen LogP contribution in [0.5, 0.6) is 0 Å². The van der Waals surface area contributed by atoms with Crippen molar-refractivity contribution in [3.8, 4) is 0 Å². The molecule has 0 aromatic carbocycles. The molecule has 1 amide bonds. The zero-order chi connectivity index (χ0) is 35.8. The van der Waals surface area contributed by atoms with Crippen LogP contribution in [0.25, 0.3) is 11.2 Å². The summed E-state index contributed by atoms with van der Waals surface area (Å²) in [5.41, 5.74) is -1.79. The summed E-state index contributed by atoms with van der Waals surface area (Å²) >= 11 is 0. The molecule has 0 saturated heterocycles. The maximum atomic E-state index is 14.6. The first kappa shape index (κ1) is 41.2. The number of esters is 2. The average Bonchev–Trinajstić information content (AvgIpc) is 3.42. The Morgan fingerprint density at radius 3 is 1.92 bits per heavy atom. The Labute approximate surface area is 285 Å². The van der Waals surface area contributed by atoms with E-state index in [0.29, 0.717) is 29.8 Å². The van der Waals surface area contributed by atoms with Gasteiger partial charge in [0.15, 0.2) is 17.0 Å². The number of hydrogen-bond donors (Lipinski definition) is 3. The van der Waals surface area contributed by atoms with Gasteiger partial charge in [-0.15, -0.1) is 0 Å². The van der Waals surface area contributed by atoms with Crippen LogP contribution < -0.4 is 15.5 Å². The number of imidazole rings is 1.